The van der Waals surface area contributed by atoms with Crippen LogP contribution in [0.25, 0.3) is 0 Å². The number of hydrogen-bond donors (Lipinski definition) is 0. The highest BCUT2D eigenvalue weighted by Gasteiger charge is 2.06. The summed E-state index contributed by atoms with van der Waals surface area (Å²) in [7, 11) is 1.62. The minimum atomic E-state index is 0.579. The number of methoxy groups -OCH3 is 1. The summed E-state index contributed by atoms with van der Waals surface area (Å²) in [6.45, 7) is 4.29. The molecule has 0 amide bonds. The van der Waals surface area contributed by atoms with Crippen LogP contribution < -0.4 is 4.74 Å². The van der Waals surface area contributed by atoms with Gasteiger partial charge in [0.2, 0.25) is 5.88 Å². The summed E-state index contributed by atoms with van der Waals surface area (Å²) in [6.07, 6.45) is 4.25. The van der Waals surface area contributed by atoms with Crippen molar-refractivity contribution in [2.24, 2.45) is 5.92 Å². The zero-order chi connectivity index (χ0) is 8.97. The van der Waals surface area contributed by atoms with Crippen LogP contribution in [0.2, 0.25) is 0 Å². The molecule has 0 aromatic carbocycles. The van der Waals surface area contributed by atoms with Crippen molar-refractivity contribution >= 4 is 0 Å². The summed E-state index contributed by atoms with van der Waals surface area (Å²) >= 11 is 0. The van der Waals surface area contributed by atoms with Crippen LogP contribution in [0, 0.1) is 5.92 Å². The van der Waals surface area contributed by atoms with Gasteiger partial charge in [-0.15, -0.1) is 0 Å². The third kappa shape index (κ3) is 2.19. The van der Waals surface area contributed by atoms with E-state index in [0.29, 0.717) is 11.8 Å². The molecule has 0 radical (unpaired) electrons. The number of rotatable bonds is 3. The molecule has 0 atom stereocenters. The minimum absolute atomic E-state index is 0.579. The van der Waals surface area contributed by atoms with E-state index in [1.807, 2.05) is 0 Å². The van der Waals surface area contributed by atoms with Gasteiger partial charge in [-0.3, -0.25) is 4.98 Å². The van der Waals surface area contributed by atoms with Gasteiger partial charge in [0.25, 0.3) is 0 Å². The topological polar surface area (TPSA) is 35.0 Å². The molecule has 3 heteroatoms. The van der Waals surface area contributed by atoms with Gasteiger partial charge in [0.15, 0.2) is 0 Å². The van der Waals surface area contributed by atoms with Crippen molar-refractivity contribution in [1.82, 2.24) is 9.97 Å². The van der Waals surface area contributed by atoms with E-state index in [1.165, 1.54) is 0 Å². The molecule has 0 bridgehead atoms. The average Bonchev–Trinajstić information content (AvgIpc) is 2.04. The van der Waals surface area contributed by atoms with E-state index in [-0.39, 0.29) is 0 Å². The molecule has 1 heterocycles. The number of hydrogen-bond acceptors (Lipinski definition) is 3. The fraction of sp³-hybridized carbons (Fsp3) is 0.556. The Balaban J connectivity index is 2.82. The summed E-state index contributed by atoms with van der Waals surface area (Å²) in [5, 5.41) is 0. The van der Waals surface area contributed by atoms with Crippen LogP contribution in [-0.4, -0.2) is 17.1 Å². The zero-order valence-electron chi connectivity index (χ0n) is 7.74. The van der Waals surface area contributed by atoms with E-state index < -0.39 is 0 Å². The first-order valence-corrected chi connectivity index (χ1v) is 4.08. The molecule has 12 heavy (non-hydrogen) atoms. The second kappa shape index (κ2) is 4.04. The Labute approximate surface area is 72.8 Å². The average molecular weight is 166 g/mol. The lowest BCUT2D eigenvalue weighted by Gasteiger charge is -2.06. The molecule has 0 aliphatic rings. The predicted molar refractivity (Wildman–Crippen MR) is 47.1 cm³/mol. The Bertz CT molecular complexity index is 248. The zero-order valence-corrected chi connectivity index (χ0v) is 7.74. The normalized spacial score (nSPS) is 10.3. The molecule has 1 aromatic heterocycles. The highest BCUT2D eigenvalue weighted by Crippen LogP contribution is 2.14. The van der Waals surface area contributed by atoms with Gasteiger partial charge in [0, 0.05) is 12.4 Å². The SMILES string of the molecule is COc1nccnc1CC(C)C. The number of ether oxygens (including phenoxy) is 1. The third-order valence-electron chi connectivity index (χ3n) is 1.53. The Morgan fingerprint density at radius 2 is 2.00 bits per heavy atom. The predicted octanol–water partition coefficient (Wildman–Crippen LogP) is 1.68. The molecule has 0 unspecified atom stereocenters. The van der Waals surface area contributed by atoms with Gasteiger partial charge in [-0.05, 0) is 12.3 Å². The van der Waals surface area contributed by atoms with E-state index in [0.717, 1.165) is 12.1 Å². The molecular formula is C9H14N2O. The number of aromatic nitrogens is 2. The van der Waals surface area contributed by atoms with Crippen LogP contribution in [0.3, 0.4) is 0 Å². The summed E-state index contributed by atoms with van der Waals surface area (Å²) < 4.78 is 5.07. The lowest BCUT2D eigenvalue weighted by atomic mass is 10.1. The number of nitrogens with zero attached hydrogens (tertiary/aromatic N) is 2. The molecule has 0 N–H and O–H groups in total. The molecule has 0 aliphatic carbocycles. The van der Waals surface area contributed by atoms with Crippen molar-refractivity contribution in [2.45, 2.75) is 20.3 Å². The standard InChI is InChI=1S/C9H14N2O/c1-7(2)6-8-9(12-3)11-5-4-10-8/h4-5,7H,6H2,1-3H3. The van der Waals surface area contributed by atoms with Crippen LogP contribution in [0.1, 0.15) is 19.5 Å². The Hall–Kier alpha value is -1.12. The lowest BCUT2D eigenvalue weighted by Crippen LogP contribution is -2.01. The quantitative estimate of drug-likeness (QED) is 0.685. The van der Waals surface area contributed by atoms with Gasteiger partial charge in [0.1, 0.15) is 5.69 Å². The summed E-state index contributed by atoms with van der Waals surface area (Å²) in [5.74, 6) is 1.22. The van der Waals surface area contributed by atoms with Crippen molar-refractivity contribution in [3.63, 3.8) is 0 Å². The second-order valence-electron chi connectivity index (χ2n) is 3.11. The molecule has 1 aromatic rings. The molecular weight excluding hydrogens is 152 g/mol. The van der Waals surface area contributed by atoms with Gasteiger partial charge >= 0.3 is 0 Å². The first-order chi connectivity index (χ1) is 5.74. The Kier molecular flexibility index (Phi) is 3.02. The second-order valence-corrected chi connectivity index (χ2v) is 3.11. The molecule has 0 spiro atoms. The first kappa shape index (κ1) is 8.97. The first-order valence-electron chi connectivity index (χ1n) is 4.08. The maximum absolute atomic E-state index is 5.07. The van der Waals surface area contributed by atoms with Crippen LogP contribution >= 0.6 is 0 Å². The molecule has 1 rings (SSSR count). The van der Waals surface area contributed by atoms with E-state index in [2.05, 4.69) is 23.8 Å². The molecule has 66 valence electrons. The van der Waals surface area contributed by atoms with Crippen molar-refractivity contribution in [3.05, 3.63) is 18.1 Å². The molecule has 0 saturated heterocycles. The lowest BCUT2D eigenvalue weighted by molar-refractivity contribution is 0.386. The highest BCUT2D eigenvalue weighted by molar-refractivity contribution is 5.17. The van der Waals surface area contributed by atoms with Crippen LogP contribution in [-0.2, 0) is 6.42 Å². The van der Waals surface area contributed by atoms with Crippen molar-refractivity contribution < 1.29 is 4.74 Å². The molecule has 0 aliphatic heterocycles. The summed E-state index contributed by atoms with van der Waals surface area (Å²) in [5.41, 5.74) is 0.940. The van der Waals surface area contributed by atoms with Crippen molar-refractivity contribution in [1.29, 1.82) is 0 Å². The smallest absolute Gasteiger partial charge is 0.235 e. The van der Waals surface area contributed by atoms with Crippen molar-refractivity contribution in [3.8, 4) is 5.88 Å². The molecule has 0 fully saturated rings. The van der Waals surface area contributed by atoms with Gasteiger partial charge in [-0.2, -0.15) is 0 Å². The fourth-order valence-electron chi connectivity index (χ4n) is 1.05. The van der Waals surface area contributed by atoms with Gasteiger partial charge in [0.05, 0.1) is 7.11 Å². The highest BCUT2D eigenvalue weighted by atomic mass is 16.5. The van der Waals surface area contributed by atoms with E-state index in [1.54, 1.807) is 19.5 Å². The van der Waals surface area contributed by atoms with E-state index in [4.69, 9.17) is 4.74 Å². The largest absolute Gasteiger partial charge is 0.480 e. The van der Waals surface area contributed by atoms with E-state index >= 15 is 0 Å². The van der Waals surface area contributed by atoms with Gasteiger partial charge in [-0.25, -0.2) is 4.98 Å². The monoisotopic (exact) mass is 166 g/mol. The molecule has 3 nitrogen and oxygen atoms in total. The maximum Gasteiger partial charge on any atom is 0.235 e. The third-order valence-corrected chi connectivity index (χ3v) is 1.53. The van der Waals surface area contributed by atoms with E-state index in [9.17, 15) is 0 Å². The van der Waals surface area contributed by atoms with Gasteiger partial charge in [-0.1, -0.05) is 13.8 Å². The maximum atomic E-state index is 5.07. The van der Waals surface area contributed by atoms with Crippen molar-refractivity contribution in [2.75, 3.05) is 7.11 Å². The summed E-state index contributed by atoms with van der Waals surface area (Å²) in [4.78, 5) is 8.27. The molecule has 0 saturated carbocycles. The van der Waals surface area contributed by atoms with Gasteiger partial charge < -0.3 is 4.74 Å². The van der Waals surface area contributed by atoms with Crippen LogP contribution in [0.4, 0.5) is 0 Å². The Morgan fingerprint density at radius 1 is 1.33 bits per heavy atom. The van der Waals surface area contributed by atoms with Crippen LogP contribution in [0.5, 0.6) is 5.88 Å². The minimum Gasteiger partial charge on any atom is -0.480 e. The summed E-state index contributed by atoms with van der Waals surface area (Å²) in [6, 6.07) is 0. The van der Waals surface area contributed by atoms with Crippen LogP contribution in [0.15, 0.2) is 12.4 Å². The fourth-order valence-corrected chi connectivity index (χ4v) is 1.05. The Morgan fingerprint density at radius 3 is 2.58 bits per heavy atom.